The summed E-state index contributed by atoms with van der Waals surface area (Å²) in [5.41, 5.74) is 6.46. The lowest BCUT2D eigenvalue weighted by atomic mass is 9.90. The number of aliphatic hydroxyl groups excluding tert-OH is 1. The number of aliphatic hydroxyl groups is 1. The van der Waals surface area contributed by atoms with Gasteiger partial charge in [0.15, 0.2) is 0 Å². The van der Waals surface area contributed by atoms with E-state index in [-0.39, 0.29) is 5.92 Å². The fourth-order valence-corrected chi connectivity index (χ4v) is 4.07. The van der Waals surface area contributed by atoms with Crippen molar-refractivity contribution in [3.63, 3.8) is 0 Å². The average molecular weight is 398 g/mol. The number of nitrogens with one attached hydrogen (secondary N) is 3. The van der Waals surface area contributed by atoms with Crippen molar-refractivity contribution in [1.82, 2.24) is 15.0 Å². The highest BCUT2D eigenvalue weighted by Gasteiger charge is 2.25. The SMILES string of the molecule is CN=CC(C=N)c1c[nH]c2c(C)cc(C)c(C(O)c3nc4ccc(C#N)cc4[nH]3)c12. The molecular formula is C23H22N6O. The summed E-state index contributed by atoms with van der Waals surface area (Å²) < 4.78 is 0. The average Bonchev–Trinajstić information content (AvgIpc) is 3.36. The van der Waals surface area contributed by atoms with Crippen molar-refractivity contribution in [1.29, 1.82) is 10.7 Å². The fraction of sp³-hybridized carbons (Fsp3) is 0.217. The van der Waals surface area contributed by atoms with Gasteiger partial charge in [0.2, 0.25) is 0 Å². The van der Waals surface area contributed by atoms with Gasteiger partial charge in [-0.15, -0.1) is 0 Å². The van der Waals surface area contributed by atoms with Crippen molar-refractivity contribution in [2.45, 2.75) is 25.9 Å². The van der Waals surface area contributed by atoms with Gasteiger partial charge in [-0.3, -0.25) is 4.99 Å². The van der Waals surface area contributed by atoms with Crippen LogP contribution in [-0.4, -0.2) is 39.5 Å². The zero-order valence-electron chi connectivity index (χ0n) is 17.0. The van der Waals surface area contributed by atoms with Gasteiger partial charge in [0, 0.05) is 42.1 Å². The van der Waals surface area contributed by atoms with E-state index in [4.69, 9.17) is 10.7 Å². The summed E-state index contributed by atoms with van der Waals surface area (Å²) in [7, 11) is 1.68. The second-order valence-corrected chi connectivity index (χ2v) is 7.39. The van der Waals surface area contributed by atoms with Crippen molar-refractivity contribution in [3.8, 4) is 6.07 Å². The van der Waals surface area contributed by atoms with Crippen LogP contribution in [0, 0.1) is 30.6 Å². The van der Waals surface area contributed by atoms with E-state index >= 15 is 0 Å². The first-order valence-corrected chi connectivity index (χ1v) is 9.60. The maximum atomic E-state index is 11.4. The summed E-state index contributed by atoms with van der Waals surface area (Å²) in [5, 5.41) is 29.2. The summed E-state index contributed by atoms with van der Waals surface area (Å²) in [4.78, 5) is 15.1. The first kappa shape index (κ1) is 19.6. The van der Waals surface area contributed by atoms with Crippen LogP contribution in [0.4, 0.5) is 0 Å². The summed E-state index contributed by atoms with van der Waals surface area (Å²) in [6, 6.07) is 9.34. The van der Waals surface area contributed by atoms with Crippen LogP contribution >= 0.6 is 0 Å². The maximum absolute atomic E-state index is 11.4. The van der Waals surface area contributed by atoms with Crippen LogP contribution in [0.2, 0.25) is 0 Å². The number of nitrogens with zero attached hydrogens (tertiary/aromatic N) is 3. The molecule has 150 valence electrons. The van der Waals surface area contributed by atoms with Gasteiger partial charge in [0.25, 0.3) is 0 Å². The van der Waals surface area contributed by atoms with Crippen molar-refractivity contribution in [2.75, 3.05) is 7.05 Å². The molecule has 0 aliphatic carbocycles. The fourth-order valence-electron chi connectivity index (χ4n) is 4.07. The maximum Gasteiger partial charge on any atom is 0.140 e. The summed E-state index contributed by atoms with van der Waals surface area (Å²) in [5.74, 6) is 0.112. The Balaban J connectivity index is 1.94. The minimum absolute atomic E-state index is 0.301. The molecule has 0 saturated heterocycles. The molecule has 2 aromatic heterocycles. The zero-order valence-corrected chi connectivity index (χ0v) is 17.0. The first-order valence-electron chi connectivity index (χ1n) is 9.60. The molecular weight excluding hydrogens is 376 g/mol. The van der Waals surface area contributed by atoms with Crippen LogP contribution in [0.25, 0.3) is 21.9 Å². The number of aryl methyl sites for hydroxylation is 2. The summed E-state index contributed by atoms with van der Waals surface area (Å²) in [6.07, 6.45) is 3.94. The number of nitriles is 1. The predicted molar refractivity (Wildman–Crippen MR) is 119 cm³/mol. The lowest BCUT2D eigenvalue weighted by molar-refractivity contribution is 0.212. The Morgan fingerprint density at radius 3 is 2.77 bits per heavy atom. The molecule has 7 nitrogen and oxygen atoms in total. The molecule has 4 aromatic rings. The van der Waals surface area contributed by atoms with E-state index in [0.29, 0.717) is 22.4 Å². The molecule has 0 fully saturated rings. The second kappa shape index (κ2) is 7.58. The molecule has 0 aliphatic heterocycles. The molecule has 4 N–H and O–H groups in total. The number of fused-ring (bicyclic) bond motifs is 2. The van der Waals surface area contributed by atoms with E-state index in [1.165, 1.54) is 6.21 Å². The van der Waals surface area contributed by atoms with Crippen molar-refractivity contribution in [2.24, 2.45) is 4.99 Å². The van der Waals surface area contributed by atoms with Crippen molar-refractivity contribution >= 4 is 34.4 Å². The number of benzene rings is 2. The van der Waals surface area contributed by atoms with Gasteiger partial charge >= 0.3 is 0 Å². The molecule has 30 heavy (non-hydrogen) atoms. The van der Waals surface area contributed by atoms with Gasteiger partial charge in [0.05, 0.1) is 28.6 Å². The number of aromatic amines is 2. The van der Waals surface area contributed by atoms with Crippen LogP contribution in [0.1, 0.15) is 45.7 Å². The first-order chi connectivity index (χ1) is 14.5. The molecule has 0 bridgehead atoms. The molecule has 2 aromatic carbocycles. The highest BCUT2D eigenvalue weighted by atomic mass is 16.3. The monoisotopic (exact) mass is 398 g/mol. The third-order valence-electron chi connectivity index (χ3n) is 5.44. The molecule has 4 rings (SSSR count). The van der Waals surface area contributed by atoms with E-state index in [0.717, 1.165) is 33.2 Å². The van der Waals surface area contributed by atoms with Crippen LogP contribution in [0.5, 0.6) is 0 Å². The normalized spacial score (nSPS) is 13.7. The number of hydrogen-bond donors (Lipinski definition) is 4. The Morgan fingerprint density at radius 2 is 2.07 bits per heavy atom. The highest BCUT2D eigenvalue weighted by Crippen LogP contribution is 2.37. The molecule has 2 unspecified atom stereocenters. The zero-order chi connectivity index (χ0) is 21.4. The van der Waals surface area contributed by atoms with E-state index in [2.05, 4.69) is 26.0 Å². The number of H-pyrrole nitrogens is 2. The number of imidazole rings is 1. The molecule has 2 heterocycles. The van der Waals surface area contributed by atoms with Crippen LogP contribution in [0.15, 0.2) is 35.5 Å². The van der Waals surface area contributed by atoms with Crippen molar-refractivity contribution < 1.29 is 5.11 Å². The standard InChI is InChI=1S/C23H22N6O/c1-12-6-13(2)21-20(16(11-27-21)15(9-25)10-26-3)19(12)22(30)23-28-17-5-4-14(8-24)7-18(17)29-23/h4-7,9-11,15,22,25,27,30H,1-3H3,(H,28,29). The van der Waals surface area contributed by atoms with Crippen LogP contribution in [0.3, 0.4) is 0 Å². The van der Waals surface area contributed by atoms with Gasteiger partial charge < -0.3 is 20.5 Å². The summed E-state index contributed by atoms with van der Waals surface area (Å²) in [6.45, 7) is 3.98. The quantitative estimate of drug-likeness (QED) is 0.379. The van der Waals surface area contributed by atoms with Gasteiger partial charge in [-0.05, 0) is 48.7 Å². The Bertz CT molecular complexity index is 1340. The topological polar surface area (TPSA) is 125 Å². The Kier molecular flexibility index (Phi) is 4.94. The third kappa shape index (κ3) is 3.08. The molecule has 2 atom stereocenters. The molecule has 0 saturated carbocycles. The molecule has 0 spiro atoms. The minimum atomic E-state index is -0.995. The van der Waals surface area contributed by atoms with E-state index in [9.17, 15) is 5.11 Å². The predicted octanol–water partition coefficient (Wildman–Crippen LogP) is 4.05. The molecule has 0 aliphatic rings. The summed E-state index contributed by atoms with van der Waals surface area (Å²) >= 11 is 0. The van der Waals surface area contributed by atoms with Crippen LogP contribution < -0.4 is 0 Å². The number of rotatable bonds is 5. The third-order valence-corrected chi connectivity index (χ3v) is 5.44. The second-order valence-electron chi connectivity index (χ2n) is 7.39. The van der Waals surface area contributed by atoms with E-state index < -0.39 is 6.10 Å². The van der Waals surface area contributed by atoms with Gasteiger partial charge in [0.1, 0.15) is 11.9 Å². The molecule has 7 heteroatoms. The van der Waals surface area contributed by atoms with Gasteiger partial charge in [-0.1, -0.05) is 6.07 Å². The molecule has 0 amide bonds. The Morgan fingerprint density at radius 1 is 1.27 bits per heavy atom. The van der Waals surface area contributed by atoms with Gasteiger partial charge in [-0.25, -0.2) is 4.98 Å². The Hall–Kier alpha value is -3.76. The lowest BCUT2D eigenvalue weighted by Crippen LogP contribution is -2.08. The van der Waals surface area contributed by atoms with E-state index in [1.807, 2.05) is 26.1 Å². The largest absolute Gasteiger partial charge is 0.380 e. The number of hydrogen-bond acceptors (Lipinski definition) is 5. The lowest BCUT2D eigenvalue weighted by Gasteiger charge is -2.17. The van der Waals surface area contributed by atoms with Crippen LogP contribution in [-0.2, 0) is 0 Å². The Labute approximate surface area is 173 Å². The molecule has 0 radical (unpaired) electrons. The smallest absolute Gasteiger partial charge is 0.140 e. The van der Waals surface area contributed by atoms with E-state index in [1.54, 1.807) is 31.5 Å². The minimum Gasteiger partial charge on any atom is -0.380 e. The number of aliphatic imine (C=N–C) groups is 1. The highest BCUT2D eigenvalue weighted by molar-refractivity contribution is 5.99. The van der Waals surface area contributed by atoms with Crippen molar-refractivity contribution in [3.05, 3.63) is 64.1 Å². The number of aromatic nitrogens is 3. The van der Waals surface area contributed by atoms with Gasteiger partial charge in [-0.2, -0.15) is 5.26 Å².